The lowest BCUT2D eigenvalue weighted by atomic mass is 9.97. The van der Waals surface area contributed by atoms with Crippen molar-refractivity contribution in [1.82, 2.24) is 4.57 Å². The molecule has 7 aromatic carbocycles. The van der Waals surface area contributed by atoms with E-state index in [0.29, 0.717) is 0 Å². The maximum atomic E-state index is 6.62. The van der Waals surface area contributed by atoms with E-state index < -0.39 is 0 Å². The number of aromatic nitrogens is 1. The number of nitrogens with zero attached hydrogens (tertiary/aromatic N) is 1. The Labute approximate surface area is 258 Å². The van der Waals surface area contributed by atoms with Crippen molar-refractivity contribution in [3.63, 3.8) is 0 Å². The van der Waals surface area contributed by atoms with Gasteiger partial charge >= 0.3 is 0 Å². The first-order chi connectivity index (χ1) is 22.3. The van der Waals surface area contributed by atoms with E-state index in [0.717, 1.165) is 82.9 Å². The summed E-state index contributed by atoms with van der Waals surface area (Å²) in [5.74, 6) is 0. The predicted octanol–water partition coefficient (Wildman–Crippen LogP) is 11.9. The van der Waals surface area contributed by atoms with Crippen molar-refractivity contribution in [2.75, 3.05) is 0 Å². The number of rotatable bonds is 3. The maximum Gasteiger partial charge on any atom is 0.161 e. The normalized spacial score (nSPS) is 12.0. The lowest BCUT2D eigenvalue weighted by Crippen LogP contribution is -1.92. The topological polar surface area (TPSA) is 31.2 Å². The van der Waals surface area contributed by atoms with Crippen LogP contribution < -0.4 is 0 Å². The highest BCUT2D eigenvalue weighted by Crippen LogP contribution is 2.41. The molecule has 3 aromatic heterocycles. The zero-order chi connectivity index (χ0) is 29.5. The molecule has 0 aliphatic carbocycles. The second-order valence-corrected chi connectivity index (χ2v) is 11.8. The minimum atomic E-state index is 0.884. The molecule has 10 rings (SSSR count). The maximum absolute atomic E-state index is 6.62. The van der Waals surface area contributed by atoms with Gasteiger partial charge < -0.3 is 13.4 Å². The van der Waals surface area contributed by atoms with E-state index in [4.69, 9.17) is 8.83 Å². The van der Waals surface area contributed by atoms with Gasteiger partial charge in [0.1, 0.15) is 22.3 Å². The minimum absolute atomic E-state index is 0.884. The van der Waals surface area contributed by atoms with Gasteiger partial charge in [-0.15, -0.1) is 0 Å². The van der Waals surface area contributed by atoms with Crippen molar-refractivity contribution in [1.29, 1.82) is 0 Å². The minimum Gasteiger partial charge on any atom is -0.456 e. The Morgan fingerprint density at radius 3 is 1.80 bits per heavy atom. The van der Waals surface area contributed by atoms with Crippen molar-refractivity contribution < 1.29 is 8.83 Å². The Kier molecular flexibility index (Phi) is 5.00. The van der Waals surface area contributed by atoms with Gasteiger partial charge in [0.15, 0.2) is 5.58 Å². The zero-order valence-electron chi connectivity index (χ0n) is 24.2. The van der Waals surface area contributed by atoms with Gasteiger partial charge in [0.25, 0.3) is 0 Å². The molecule has 0 saturated heterocycles. The molecule has 0 bridgehead atoms. The lowest BCUT2D eigenvalue weighted by molar-refractivity contribution is 0.669. The van der Waals surface area contributed by atoms with E-state index >= 15 is 0 Å². The average Bonchev–Trinajstić information content (AvgIpc) is 3.75. The summed E-state index contributed by atoms with van der Waals surface area (Å²) >= 11 is 0. The molecular formula is C42H25NO2. The third-order valence-corrected chi connectivity index (χ3v) is 9.16. The van der Waals surface area contributed by atoms with Crippen LogP contribution in [0.2, 0.25) is 0 Å². The smallest absolute Gasteiger partial charge is 0.161 e. The van der Waals surface area contributed by atoms with Gasteiger partial charge in [-0.3, -0.25) is 0 Å². The summed E-state index contributed by atoms with van der Waals surface area (Å²) < 4.78 is 15.3. The van der Waals surface area contributed by atoms with E-state index in [2.05, 4.69) is 156 Å². The molecule has 0 N–H and O–H groups in total. The molecular weight excluding hydrogens is 550 g/mol. The second-order valence-electron chi connectivity index (χ2n) is 11.8. The van der Waals surface area contributed by atoms with Crippen LogP contribution in [0.1, 0.15) is 0 Å². The number of fused-ring (bicyclic) bond motifs is 9. The molecule has 3 heterocycles. The van der Waals surface area contributed by atoms with Crippen LogP contribution in [-0.4, -0.2) is 4.57 Å². The van der Waals surface area contributed by atoms with Gasteiger partial charge in [0, 0.05) is 27.2 Å². The summed E-state index contributed by atoms with van der Waals surface area (Å²) in [5, 5.41) is 6.92. The molecule has 0 atom stereocenters. The average molecular weight is 576 g/mol. The van der Waals surface area contributed by atoms with Crippen LogP contribution in [0.25, 0.3) is 93.6 Å². The highest BCUT2D eigenvalue weighted by Gasteiger charge is 2.19. The number of para-hydroxylation sites is 2. The molecule has 0 radical (unpaired) electrons. The summed E-state index contributed by atoms with van der Waals surface area (Å²) in [7, 11) is 0. The Hall–Kier alpha value is -6.06. The summed E-state index contributed by atoms with van der Waals surface area (Å²) in [4.78, 5) is 0. The number of benzene rings is 7. The van der Waals surface area contributed by atoms with E-state index in [-0.39, 0.29) is 0 Å². The predicted molar refractivity (Wildman–Crippen MR) is 186 cm³/mol. The van der Waals surface area contributed by atoms with Crippen LogP contribution in [0.5, 0.6) is 0 Å². The number of hydrogen-bond acceptors (Lipinski definition) is 2. The highest BCUT2D eigenvalue weighted by atomic mass is 16.3. The number of hydrogen-bond donors (Lipinski definition) is 0. The van der Waals surface area contributed by atoms with E-state index in [9.17, 15) is 0 Å². The van der Waals surface area contributed by atoms with Gasteiger partial charge in [-0.05, 0) is 99.8 Å². The summed E-state index contributed by atoms with van der Waals surface area (Å²) in [5.41, 5.74) is 11.5. The van der Waals surface area contributed by atoms with Crippen molar-refractivity contribution in [3.8, 4) is 27.9 Å². The van der Waals surface area contributed by atoms with Gasteiger partial charge in [0.05, 0.1) is 5.52 Å². The Morgan fingerprint density at radius 1 is 0.378 bits per heavy atom. The molecule has 0 spiro atoms. The SMILES string of the molecule is c1ccc(-n2c3ccccc3c3oc4cc(-c5cccc(-c6ccc7c(c6)oc6cc8ccccc8cc67)c5)ccc4c32)cc1. The lowest BCUT2D eigenvalue weighted by Gasteiger charge is -2.08. The second kappa shape index (κ2) is 9.22. The third-order valence-electron chi connectivity index (χ3n) is 9.16. The zero-order valence-corrected chi connectivity index (χ0v) is 24.2. The fourth-order valence-electron chi connectivity index (χ4n) is 7.01. The molecule has 0 aliphatic heterocycles. The van der Waals surface area contributed by atoms with E-state index in [1.807, 2.05) is 0 Å². The molecule has 45 heavy (non-hydrogen) atoms. The van der Waals surface area contributed by atoms with Crippen LogP contribution in [0.15, 0.2) is 160 Å². The van der Waals surface area contributed by atoms with Crippen LogP contribution in [0, 0.1) is 0 Å². The van der Waals surface area contributed by atoms with Crippen molar-refractivity contribution in [3.05, 3.63) is 152 Å². The highest BCUT2D eigenvalue weighted by molar-refractivity contribution is 6.17. The Morgan fingerprint density at radius 2 is 1.00 bits per heavy atom. The number of furan rings is 2. The Balaban J connectivity index is 1.09. The third kappa shape index (κ3) is 3.65. The van der Waals surface area contributed by atoms with Gasteiger partial charge in [-0.1, -0.05) is 84.9 Å². The first kappa shape index (κ1) is 24.4. The largest absolute Gasteiger partial charge is 0.456 e. The molecule has 0 aliphatic rings. The molecule has 0 unspecified atom stereocenters. The van der Waals surface area contributed by atoms with Crippen molar-refractivity contribution >= 4 is 65.7 Å². The summed E-state index contributed by atoms with van der Waals surface area (Å²) in [6.45, 7) is 0. The standard InChI is InChI=1S/C42H25NO2/c1-2-13-32(14-3-1)43-37-16-7-6-15-34(37)42-41(43)35-20-18-31(25-39(35)45-42)27-12-8-11-26(21-27)30-17-19-33-36-22-28-9-4-5-10-29(28)23-40(36)44-38(33)24-30/h1-25H. The fourth-order valence-corrected chi connectivity index (χ4v) is 7.01. The molecule has 0 amide bonds. The van der Waals surface area contributed by atoms with E-state index in [1.165, 1.54) is 10.8 Å². The van der Waals surface area contributed by atoms with Crippen LogP contribution in [-0.2, 0) is 0 Å². The first-order valence-electron chi connectivity index (χ1n) is 15.3. The molecule has 3 nitrogen and oxygen atoms in total. The fraction of sp³-hybridized carbons (Fsp3) is 0. The quantitative estimate of drug-likeness (QED) is 0.210. The Bertz CT molecular complexity index is 2760. The molecule has 10 aromatic rings. The molecule has 0 fully saturated rings. The summed E-state index contributed by atoms with van der Waals surface area (Å²) in [6.07, 6.45) is 0. The molecule has 3 heteroatoms. The van der Waals surface area contributed by atoms with Gasteiger partial charge in [-0.2, -0.15) is 0 Å². The van der Waals surface area contributed by atoms with E-state index in [1.54, 1.807) is 0 Å². The van der Waals surface area contributed by atoms with Gasteiger partial charge in [-0.25, -0.2) is 0 Å². The van der Waals surface area contributed by atoms with Crippen LogP contribution in [0.3, 0.4) is 0 Å². The van der Waals surface area contributed by atoms with Gasteiger partial charge in [0.2, 0.25) is 0 Å². The molecule has 0 saturated carbocycles. The first-order valence-corrected chi connectivity index (χ1v) is 15.3. The van der Waals surface area contributed by atoms with Crippen molar-refractivity contribution in [2.45, 2.75) is 0 Å². The van der Waals surface area contributed by atoms with Crippen LogP contribution in [0.4, 0.5) is 0 Å². The monoisotopic (exact) mass is 575 g/mol. The summed E-state index contributed by atoms with van der Waals surface area (Å²) in [6, 6.07) is 53.6. The van der Waals surface area contributed by atoms with Crippen LogP contribution >= 0.6 is 0 Å². The van der Waals surface area contributed by atoms with Crippen molar-refractivity contribution in [2.24, 2.45) is 0 Å². The molecule has 210 valence electrons.